The molecule has 0 aliphatic rings. The minimum atomic E-state index is 0.279. The van der Waals surface area contributed by atoms with Crippen molar-refractivity contribution in [1.29, 1.82) is 0 Å². The number of imidazole rings is 1. The van der Waals surface area contributed by atoms with Gasteiger partial charge in [-0.25, -0.2) is 4.98 Å². The van der Waals surface area contributed by atoms with E-state index < -0.39 is 0 Å². The van der Waals surface area contributed by atoms with E-state index >= 15 is 0 Å². The quantitative estimate of drug-likeness (QED) is 0.802. The maximum absolute atomic E-state index is 9.22. The van der Waals surface area contributed by atoms with Gasteiger partial charge in [-0.2, -0.15) is 0 Å². The first-order valence-electron chi connectivity index (χ1n) is 6.94. The summed E-state index contributed by atoms with van der Waals surface area (Å²) >= 11 is 0. The molecule has 0 spiro atoms. The highest BCUT2D eigenvalue weighted by Crippen LogP contribution is 2.12. The third-order valence-electron chi connectivity index (χ3n) is 3.67. The maximum atomic E-state index is 9.22. The van der Waals surface area contributed by atoms with Crippen LogP contribution in [0.15, 0.2) is 24.5 Å². The molecule has 0 bridgehead atoms. The van der Waals surface area contributed by atoms with Crippen LogP contribution in [-0.2, 0) is 6.42 Å². The van der Waals surface area contributed by atoms with Crippen LogP contribution in [0, 0.1) is 5.92 Å². The number of aromatic amines is 1. The number of aliphatic hydroxyl groups excluding tert-OH is 1. The number of aromatic nitrogens is 2. The second-order valence-corrected chi connectivity index (χ2v) is 5.22. The van der Waals surface area contributed by atoms with Gasteiger partial charge in [-0.3, -0.25) is 0 Å². The van der Waals surface area contributed by atoms with E-state index in [9.17, 15) is 5.11 Å². The molecule has 0 radical (unpaired) electrons. The second kappa shape index (κ2) is 6.68. The highest BCUT2D eigenvalue weighted by Gasteiger charge is 2.08. The number of hydrogen-bond donors (Lipinski definition) is 2. The first kappa shape index (κ1) is 14.0. The molecule has 1 aromatic heterocycles. The standard InChI is InChI=1S/C15H23N3O/c1-3-12(10-19)9-18(2)7-6-13-4-5-14-15(8-13)17-11-16-14/h4-5,8,11-12,19H,3,6-7,9-10H2,1-2H3,(H,16,17). The Morgan fingerprint density at radius 1 is 1.42 bits per heavy atom. The lowest BCUT2D eigenvalue weighted by Crippen LogP contribution is -2.29. The van der Waals surface area contributed by atoms with Crippen LogP contribution in [0.3, 0.4) is 0 Å². The molecule has 0 saturated carbocycles. The summed E-state index contributed by atoms with van der Waals surface area (Å²) < 4.78 is 0. The molecule has 2 N–H and O–H groups in total. The molecule has 0 fully saturated rings. The summed E-state index contributed by atoms with van der Waals surface area (Å²) in [6, 6.07) is 6.36. The molecule has 1 aromatic carbocycles. The lowest BCUT2D eigenvalue weighted by Gasteiger charge is -2.21. The van der Waals surface area contributed by atoms with Gasteiger partial charge in [-0.05, 0) is 43.5 Å². The largest absolute Gasteiger partial charge is 0.396 e. The smallest absolute Gasteiger partial charge is 0.0931 e. The van der Waals surface area contributed by atoms with Gasteiger partial charge in [0.2, 0.25) is 0 Å². The van der Waals surface area contributed by atoms with Crippen molar-refractivity contribution < 1.29 is 5.11 Å². The zero-order valence-electron chi connectivity index (χ0n) is 11.8. The Morgan fingerprint density at radius 2 is 2.26 bits per heavy atom. The van der Waals surface area contributed by atoms with Crippen molar-refractivity contribution >= 4 is 11.0 Å². The van der Waals surface area contributed by atoms with E-state index in [2.05, 4.69) is 47.0 Å². The zero-order chi connectivity index (χ0) is 13.7. The predicted molar refractivity (Wildman–Crippen MR) is 78.2 cm³/mol. The van der Waals surface area contributed by atoms with E-state index in [0.29, 0.717) is 5.92 Å². The first-order valence-corrected chi connectivity index (χ1v) is 6.94. The van der Waals surface area contributed by atoms with E-state index in [0.717, 1.165) is 37.0 Å². The van der Waals surface area contributed by atoms with Crippen LogP contribution in [0.25, 0.3) is 11.0 Å². The average molecular weight is 261 g/mol. The molecular weight excluding hydrogens is 238 g/mol. The summed E-state index contributed by atoms with van der Waals surface area (Å²) in [6.07, 6.45) is 3.78. The van der Waals surface area contributed by atoms with Crippen molar-refractivity contribution in [2.45, 2.75) is 19.8 Å². The Labute approximate surface area is 114 Å². The fourth-order valence-electron chi connectivity index (χ4n) is 2.31. The summed E-state index contributed by atoms with van der Waals surface area (Å²) in [6.45, 7) is 4.37. The number of aliphatic hydroxyl groups is 1. The van der Waals surface area contributed by atoms with Crippen molar-refractivity contribution in [1.82, 2.24) is 14.9 Å². The summed E-state index contributed by atoms with van der Waals surface area (Å²) in [5, 5.41) is 9.22. The Hall–Kier alpha value is -1.39. The van der Waals surface area contributed by atoms with E-state index in [1.54, 1.807) is 6.33 Å². The molecule has 0 amide bonds. The molecule has 2 aromatic rings. The van der Waals surface area contributed by atoms with E-state index in [1.807, 2.05) is 0 Å². The van der Waals surface area contributed by atoms with Gasteiger partial charge in [0.05, 0.1) is 17.4 Å². The van der Waals surface area contributed by atoms with Gasteiger partial charge in [-0.1, -0.05) is 13.0 Å². The number of hydrogen-bond acceptors (Lipinski definition) is 3. The minimum Gasteiger partial charge on any atom is -0.396 e. The van der Waals surface area contributed by atoms with Gasteiger partial charge in [0, 0.05) is 19.7 Å². The van der Waals surface area contributed by atoms with Crippen LogP contribution in [0.1, 0.15) is 18.9 Å². The monoisotopic (exact) mass is 261 g/mol. The Bertz CT molecular complexity index is 505. The van der Waals surface area contributed by atoms with Gasteiger partial charge in [0.1, 0.15) is 0 Å². The van der Waals surface area contributed by atoms with Crippen molar-refractivity contribution in [3.05, 3.63) is 30.1 Å². The summed E-state index contributed by atoms with van der Waals surface area (Å²) in [5.41, 5.74) is 3.44. The average Bonchev–Trinajstić information content (AvgIpc) is 2.89. The van der Waals surface area contributed by atoms with Gasteiger partial charge in [0.25, 0.3) is 0 Å². The van der Waals surface area contributed by atoms with Crippen molar-refractivity contribution in [2.75, 3.05) is 26.7 Å². The van der Waals surface area contributed by atoms with Crippen LogP contribution >= 0.6 is 0 Å². The van der Waals surface area contributed by atoms with Crippen LogP contribution < -0.4 is 0 Å². The number of fused-ring (bicyclic) bond motifs is 1. The third-order valence-corrected chi connectivity index (χ3v) is 3.67. The molecule has 2 rings (SSSR count). The predicted octanol–water partition coefficient (Wildman–Crippen LogP) is 2.06. The van der Waals surface area contributed by atoms with Crippen molar-refractivity contribution in [2.24, 2.45) is 5.92 Å². The summed E-state index contributed by atoms with van der Waals surface area (Å²) in [4.78, 5) is 9.66. The molecule has 4 nitrogen and oxygen atoms in total. The van der Waals surface area contributed by atoms with E-state index in [4.69, 9.17) is 0 Å². The maximum Gasteiger partial charge on any atom is 0.0931 e. The van der Waals surface area contributed by atoms with Crippen LogP contribution in [0.5, 0.6) is 0 Å². The fraction of sp³-hybridized carbons (Fsp3) is 0.533. The molecule has 1 atom stereocenters. The summed E-state index contributed by atoms with van der Waals surface area (Å²) in [7, 11) is 2.12. The molecule has 19 heavy (non-hydrogen) atoms. The first-order chi connectivity index (χ1) is 9.22. The number of nitrogens with zero attached hydrogens (tertiary/aromatic N) is 2. The number of H-pyrrole nitrogens is 1. The molecule has 4 heteroatoms. The lowest BCUT2D eigenvalue weighted by molar-refractivity contribution is 0.177. The number of rotatable bonds is 7. The second-order valence-electron chi connectivity index (χ2n) is 5.22. The molecule has 1 unspecified atom stereocenters. The van der Waals surface area contributed by atoms with Crippen LogP contribution in [0.2, 0.25) is 0 Å². The van der Waals surface area contributed by atoms with Gasteiger partial charge < -0.3 is 15.0 Å². The Kier molecular flexibility index (Phi) is 4.93. The normalized spacial score (nSPS) is 13.3. The highest BCUT2D eigenvalue weighted by molar-refractivity contribution is 5.75. The Morgan fingerprint density at radius 3 is 3.00 bits per heavy atom. The topological polar surface area (TPSA) is 52.1 Å². The van der Waals surface area contributed by atoms with E-state index in [1.165, 1.54) is 5.56 Å². The lowest BCUT2D eigenvalue weighted by atomic mass is 10.1. The van der Waals surface area contributed by atoms with Crippen LogP contribution in [0.4, 0.5) is 0 Å². The number of nitrogens with one attached hydrogen (secondary N) is 1. The fourth-order valence-corrected chi connectivity index (χ4v) is 2.31. The highest BCUT2D eigenvalue weighted by atomic mass is 16.3. The molecule has 0 aliphatic heterocycles. The number of benzene rings is 1. The molecule has 0 saturated heterocycles. The minimum absolute atomic E-state index is 0.279. The van der Waals surface area contributed by atoms with Gasteiger partial charge in [0.15, 0.2) is 0 Å². The van der Waals surface area contributed by atoms with Gasteiger partial charge in [-0.15, -0.1) is 0 Å². The summed E-state index contributed by atoms with van der Waals surface area (Å²) in [5.74, 6) is 0.389. The van der Waals surface area contributed by atoms with Crippen molar-refractivity contribution in [3.63, 3.8) is 0 Å². The van der Waals surface area contributed by atoms with E-state index in [-0.39, 0.29) is 6.61 Å². The number of likely N-dealkylation sites (N-methyl/N-ethyl adjacent to an activating group) is 1. The van der Waals surface area contributed by atoms with Crippen LogP contribution in [-0.4, -0.2) is 46.7 Å². The molecule has 0 aliphatic carbocycles. The SMILES string of the molecule is CCC(CO)CN(C)CCc1ccc2nc[nH]c2c1. The Balaban J connectivity index is 1.87. The third kappa shape index (κ3) is 3.78. The zero-order valence-corrected chi connectivity index (χ0v) is 11.8. The molecule has 1 heterocycles. The molecule has 104 valence electrons. The van der Waals surface area contributed by atoms with Crippen molar-refractivity contribution in [3.8, 4) is 0 Å². The molecular formula is C15H23N3O. The van der Waals surface area contributed by atoms with Gasteiger partial charge >= 0.3 is 0 Å².